The first kappa shape index (κ1) is 36.9. The lowest BCUT2D eigenvalue weighted by molar-refractivity contribution is -0.143. The molecule has 0 heterocycles. The molecule has 2 aromatic carbocycles. The fourth-order valence-corrected chi connectivity index (χ4v) is 4.82. The molecule has 0 aliphatic carbocycles. The van der Waals surface area contributed by atoms with Crippen LogP contribution < -0.4 is 27.0 Å². The molecule has 11 nitrogen and oxygen atoms in total. The highest BCUT2D eigenvalue weighted by Crippen LogP contribution is 2.11. The van der Waals surface area contributed by atoms with E-state index in [4.69, 9.17) is 5.73 Å². The molecule has 2 rings (SSSR count). The molecule has 0 aliphatic heterocycles. The summed E-state index contributed by atoms with van der Waals surface area (Å²) in [5, 5.41) is 20.4. The highest BCUT2D eigenvalue weighted by atomic mass is 16.4. The number of carboxylic acid groups (broad SMARTS) is 1. The summed E-state index contributed by atoms with van der Waals surface area (Å²) in [4.78, 5) is 65.3. The van der Waals surface area contributed by atoms with Crippen LogP contribution in [0.1, 0.15) is 59.1 Å². The van der Waals surface area contributed by atoms with Crippen LogP contribution >= 0.6 is 0 Å². The Morgan fingerprint density at radius 1 is 0.600 bits per heavy atom. The molecule has 5 atom stereocenters. The molecule has 0 radical (unpaired) electrons. The number of hydrogen-bond donors (Lipinski definition) is 6. The van der Waals surface area contributed by atoms with Gasteiger partial charge in [-0.15, -0.1) is 0 Å². The third-order valence-electron chi connectivity index (χ3n) is 7.37. The fraction of sp³-hybridized carbons (Fsp3) is 0.500. The summed E-state index contributed by atoms with van der Waals surface area (Å²) in [6.07, 6.45) is 0.711. The number of hydrogen-bond acceptors (Lipinski definition) is 6. The zero-order valence-corrected chi connectivity index (χ0v) is 27.1. The Morgan fingerprint density at radius 2 is 1.04 bits per heavy atom. The second kappa shape index (κ2) is 17.9. The molecule has 2 aromatic rings. The van der Waals surface area contributed by atoms with E-state index in [-0.39, 0.29) is 24.2 Å². The lowest BCUT2D eigenvalue weighted by Gasteiger charge is -2.29. The third kappa shape index (κ3) is 12.3. The van der Waals surface area contributed by atoms with Gasteiger partial charge in [0.15, 0.2) is 0 Å². The smallest absolute Gasteiger partial charge is 0.326 e. The lowest BCUT2D eigenvalue weighted by atomic mass is 9.98. The van der Waals surface area contributed by atoms with Crippen molar-refractivity contribution in [3.05, 3.63) is 71.8 Å². The molecule has 0 saturated carbocycles. The van der Waals surface area contributed by atoms with E-state index in [9.17, 15) is 29.1 Å². The monoisotopic (exact) mass is 623 g/mol. The van der Waals surface area contributed by atoms with Crippen molar-refractivity contribution in [2.45, 2.75) is 91.0 Å². The van der Waals surface area contributed by atoms with E-state index < -0.39 is 59.8 Å². The van der Waals surface area contributed by atoms with Gasteiger partial charge in [0.2, 0.25) is 23.6 Å². The van der Waals surface area contributed by atoms with Gasteiger partial charge in [-0.1, -0.05) is 102 Å². The average molecular weight is 624 g/mol. The second-order valence-corrected chi connectivity index (χ2v) is 12.5. The minimum atomic E-state index is -1.18. The van der Waals surface area contributed by atoms with Gasteiger partial charge in [-0.25, -0.2) is 4.79 Å². The van der Waals surface area contributed by atoms with E-state index in [1.54, 1.807) is 27.7 Å². The van der Waals surface area contributed by atoms with Crippen LogP contribution in [0.3, 0.4) is 0 Å². The van der Waals surface area contributed by atoms with Crippen molar-refractivity contribution in [3.8, 4) is 0 Å². The van der Waals surface area contributed by atoms with Crippen LogP contribution in [0.2, 0.25) is 0 Å². The number of benzene rings is 2. The van der Waals surface area contributed by atoms with Crippen molar-refractivity contribution < 1.29 is 29.1 Å². The Hall–Kier alpha value is -4.25. The zero-order valence-electron chi connectivity index (χ0n) is 27.1. The highest BCUT2D eigenvalue weighted by molar-refractivity contribution is 5.95. The molecule has 0 aliphatic rings. The minimum absolute atomic E-state index is 0.0324. The number of rotatable bonds is 17. The third-order valence-corrected chi connectivity index (χ3v) is 7.37. The molecule has 0 aromatic heterocycles. The van der Waals surface area contributed by atoms with Crippen LogP contribution in [-0.2, 0) is 36.8 Å². The molecule has 0 saturated heterocycles. The van der Waals surface area contributed by atoms with Crippen molar-refractivity contribution >= 4 is 29.6 Å². The summed E-state index contributed by atoms with van der Waals surface area (Å²) in [6, 6.07) is 13.3. The first-order valence-corrected chi connectivity index (χ1v) is 15.5. The lowest BCUT2D eigenvalue weighted by Crippen LogP contribution is -2.60. The van der Waals surface area contributed by atoms with Crippen molar-refractivity contribution in [3.63, 3.8) is 0 Å². The Balaban J connectivity index is 2.27. The normalized spacial score (nSPS) is 14.6. The van der Waals surface area contributed by atoms with Gasteiger partial charge in [0.1, 0.15) is 24.2 Å². The summed E-state index contributed by atoms with van der Waals surface area (Å²) < 4.78 is 0. The summed E-state index contributed by atoms with van der Waals surface area (Å²) >= 11 is 0. The summed E-state index contributed by atoms with van der Waals surface area (Å²) in [7, 11) is 0. The van der Waals surface area contributed by atoms with Crippen LogP contribution in [0.5, 0.6) is 0 Å². The first-order valence-electron chi connectivity index (χ1n) is 15.5. The van der Waals surface area contributed by atoms with E-state index in [2.05, 4.69) is 21.3 Å². The summed E-state index contributed by atoms with van der Waals surface area (Å²) in [6.45, 7) is 10.6. The average Bonchev–Trinajstić information content (AvgIpc) is 2.97. The first-order chi connectivity index (χ1) is 21.2. The number of nitrogens with two attached hydrogens (primary N) is 1. The SMILES string of the molecule is CC(C)C[C@H](NC(=O)[C@@H](N)Cc1ccccc1)C(=O)N[C@@H](Cc1ccccc1)C(=O)N[C@H](C(=O)N[C@H](C(=O)O)C(C)C)C(C)C. The van der Waals surface area contributed by atoms with Crippen LogP contribution in [0.25, 0.3) is 0 Å². The van der Waals surface area contributed by atoms with Crippen LogP contribution in [0.15, 0.2) is 60.7 Å². The maximum absolute atomic E-state index is 13.7. The van der Waals surface area contributed by atoms with Crippen molar-refractivity contribution in [2.24, 2.45) is 23.5 Å². The largest absolute Gasteiger partial charge is 0.480 e. The van der Waals surface area contributed by atoms with E-state index in [1.165, 1.54) is 0 Å². The Morgan fingerprint density at radius 3 is 1.51 bits per heavy atom. The van der Waals surface area contributed by atoms with Crippen molar-refractivity contribution in [1.29, 1.82) is 0 Å². The van der Waals surface area contributed by atoms with Gasteiger partial charge in [-0.05, 0) is 41.7 Å². The predicted octanol–water partition coefficient (Wildman–Crippen LogP) is 2.18. The molecule has 45 heavy (non-hydrogen) atoms. The Kier molecular flexibility index (Phi) is 14.7. The van der Waals surface area contributed by atoms with E-state index >= 15 is 0 Å². The summed E-state index contributed by atoms with van der Waals surface area (Å²) in [5.41, 5.74) is 7.83. The predicted molar refractivity (Wildman–Crippen MR) is 173 cm³/mol. The topological polar surface area (TPSA) is 180 Å². The van der Waals surface area contributed by atoms with E-state index in [1.807, 2.05) is 74.5 Å². The maximum atomic E-state index is 13.7. The van der Waals surface area contributed by atoms with Crippen LogP contribution in [0.4, 0.5) is 0 Å². The molecule has 246 valence electrons. The molecule has 0 spiro atoms. The van der Waals surface area contributed by atoms with Gasteiger partial charge in [0, 0.05) is 6.42 Å². The fourth-order valence-electron chi connectivity index (χ4n) is 4.82. The Labute approximate surface area is 266 Å². The van der Waals surface area contributed by atoms with Gasteiger partial charge < -0.3 is 32.1 Å². The number of carbonyl (C=O) groups is 5. The van der Waals surface area contributed by atoms with Crippen LogP contribution in [-0.4, -0.2) is 64.9 Å². The molecule has 11 heteroatoms. The maximum Gasteiger partial charge on any atom is 0.326 e. The van der Waals surface area contributed by atoms with Crippen molar-refractivity contribution in [2.75, 3.05) is 0 Å². The number of carbonyl (C=O) groups excluding carboxylic acids is 4. The minimum Gasteiger partial charge on any atom is -0.480 e. The molecule has 0 bridgehead atoms. The standard InChI is InChI=1S/C34H49N5O6/c1-20(2)17-26(36-30(40)25(35)18-23-13-9-7-10-14-23)31(41)37-27(19-24-15-11-8-12-16-24)32(42)38-28(21(3)4)33(43)39-29(22(5)6)34(44)45/h7-16,20-22,25-29H,17-19,35H2,1-6H3,(H,36,40)(H,37,41)(H,38,42)(H,39,43)(H,44,45)/t25-,26-,27-,28-,29-/m0/s1. The van der Waals surface area contributed by atoms with Gasteiger partial charge in [-0.3, -0.25) is 19.2 Å². The number of aliphatic carboxylic acids is 1. The number of nitrogens with one attached hydrogen (secondary N) is 4. The van der Waals surface area contributed by atoms with Crippen LogP contribution in [0, 0.1) is 17.8 Å². The molecule has 0 fully saturated rings. The van der Waals surface area contributed by atoms with Gasteiger partial charge in [-0.2, -0.15) is 0 Å². The van der Waals surface area contributed by atoms with Gasteiger partial charge >= 0.3 is 5.97 Å². The van der Waals surface area contributed by atoms with E-state index in [0.29, 0.717) is 12.8 Å². The molecule has 7 N–H and O–H groups in total. The molecular formula is C34H49N5O6. The van der Waals surface area contributed by atoms with Gasteiger partial charge in [0.05, 0.1) is 6.04 Å². The Bertz CT molecular complexity index is 1270. The zero-order chi connectivity index (χ0) is 33.7. The van der Waals surface area contributed by atoms with Gasteiger partial charge in [0.25, 0.3) is 0 Å². The number of amides is 4. The quantitative estimate of drug-likeness (QED) is 0.156. The van der Waals surface area contributed by atoms with Crippen molar-refractivity contribution in [1.82, 2.24) is 21.3 Å². The number of carboxylic acids is 1. The molecular weight excluding hydrogens is 574 g/mol. The highest BCUT2D eigenvalue weighted by Gasteiger charge is 2.34. The van der Waals surface area contributed by atoms with E-state index in [0.717, 1.165) is 11.1 Å². The summed E-state index contributed by atoms with van der Waals surface area (Å²) in [5.74, 6) is -4.21. The molecule has 4 amide bonds. The molecule has 0 unspecified atom stereocenters. The second-order valence-electron chi connectivity index (χ2n) is 12.5.